The van der Waals surface area contributed by atoms with Gasteiger partial charge in [0.05, 0.1) is 0 Å². The first-order valence-electron chi connectivity index (χ1n) is 4.77. The van der Waals surface area contributed by atoms with Gasteiger partial charge in [0.25, 0.3) is 0 Å². The van der Waals surface area contributed by atoms with E-state index in [1.165, 1.54) is 18.8 Å². The van der Waals surface area contributed by atoms with Crippen molar-refractivity contribution in [3.05, 3.63) is 18.2 Å². The Morgan fingerprint density at radius 2 is 2.42 bits per heavy atom. The Labute approximate surface area is 73.6 Å². The molecule has 2 rings (SSSR count). The standard InChI is InChI=1S/C10H16N2/c1-8(2)9-3-4-10-11-5-6-12(10)7-9/h5-6,8-9H,3-4,7H2,1-2H3. The van der Waals surface area contributed by atoms with Crippen molar-refractivity contribution in [2.75, 3.05) is 0 Å². The fourth-order valence-corrected chi connectivity index (χ4v) is 1.94. The molecule has 1 unspecified atom stereocenters. The molecule has 12 heavy (non-hydrogen) atoms. The van der Waals surface area contributed by atoms with E-state index in [4.69, 9.17) is 0 Å². The molecule has 2 heterocycles. The molecule has 0 bridgehead atoms. The fraction of sp³-hybridized carbons (Fsp3) is 0.700. The number of aryl methyl sites for hydroxylation is 1. The summed E-state index contributed by atoms with van der Waals surface area (Å²) < 4.78 is 2.30. The number of imidazole rings is 1. The topological polar surface area (TPSA) is 17.8 Å². The molecule has 1 aliphatic heterocycles. The predicted octanol–water partition coefficient (Wildman–Crippen LogP) is 2.10. The van der Waals surface area contributed by atoms with Crippen molar-refractivity contribution in [2.45, 2.75) is 33.2 Å². The smallest absolute Gasteiger partial charge is 0.108 e. The molecule has 0 fully saturated rings. The number of hydrogen-bond donors (Lipinski definition) is 0. The highest BCUT2D eigenvalue weighted by atomic mass is 15.1. The highest BCUT2D eigenvalue weighted by Gasteiger charge is 2.20. The van der Waals surface area contributed by atoms with Gasteiger partial charge in [0.1, 0.15) is 5.82 Å². The molecule has 2 nitrogen and oxygen atoms in total. The third-order valence-electron chi connectivity index (χ3n) is 2.91. The number of hydrogen-bond acceptors (Lipinski definition) is 1. The van der Waals surface area contributed by atoms with E-state index in [1.807, 2.05) is 6.20 Å². The van der Waals surface area contributed by atoms with Crippen LogP contribution in [0.5, 0.6) is 0 Å². The third kappa shape index (κ3) is 1.26. The van der Waals surface area contributed by atoms with Gasteiger partial charge in [0.15, 0.2) is 0 Å². The summed E-state index contributed by atoms with van der Waals surface area (Å²) in [5.74, 6) is 2.93. The fourth-order valence-electron chi connectivity index (χ4n) is 1.94. The van der Waals surface area contributed by atoms with E-state index in [9.17, 15) is 0 Å². The molecule has 0 radical (unpaired) electrons. The third-order valence-corrected chi connectivity index (χ3v) is 2.91. The summed E-state index contributed by atoms with van der Waals surface area (Å²) in [5.41, 5.74) is 0. The minimum atomic E-state index is 0.806. The maximum atomic E-state index is 4.31. The Balaban J connectivity index is 2.15. The Morgan fingerprint density at radius 1 is 1.58 bits per heavy atom. The summed E-state index contributed by atoms with van der Waals surface area (Å²) in [6, 6.07) is 0. The minimum Gasteiger partial charge on any atom is -0.335 e. The molecule has 1 aliphatic rings. The Hall–Kier alpha value is -0.790. The van der Waals surface area contributed by atoms with Crippen LogP contribution in [0.1, 0.15) is 26.1 Å². The Kier molecular flexibility index (Phi) is 1.91. The van der Waals surface area contributed by atoms with Crippen molar-refractivity contribution in [3.8, 4) is 0 Å². The van der Waals surface area contributed by atoms with Gasteiger partial charge in [-0.1, -0.05) is 13.8 Å². The summed E-state index contributed by atoms with van der Waals surface area (Å²) in [6.07, 6.45) is 6.49. The summed E-state index contributed by atoms with van der Waals surface area (Å²) >= 11 is 0. The molecular weight excluding hydrogens is 148 g/mol. The highest BCUT2D eigenvalue weighted by Crippen LogP contribution is 2.24. The number of fused-ring (bicyclic) bond motifs is 1. The first-order chi connectivity index (χ1) is 5.77. The SMILES string of the molecule is CC(C)C1CCc2nccn2C1. The minimum absolute atomic E-state index is 0.806. The van der Waals surface area contributed by atoms with Crippen LogP contribution in [0.3, 0.4) is 0 Å². The van der Waals surface area contributed by atoms with Gasteiger partial charge in [-0.2, -0.15) is 0 Å². The van der Waals surface area contributed by atoms with Gasteiger partial charge in [0.2, 0.25) is 0 Å². The lowest BCUT2D eigenvalue weighted by molar-refractivity contribution is 0.282. The Bertz CT molecular complexity index is 263. The van der Waals surface area contributed by atoms with Gasteiger partial charge in [-0.15, -0.1) is 0 Å². The van der Waals surface area contributed by atoms with E-state index < -0.39 is 0 Å². The molecule has 0 saturated carbocycles. The summed E-state index contributed by atoms with van der Waals surface area (Å²) in [5, 5.41) is 0. The molecule has 0 spiro atoms. The van der Waals surface area contributed by atoms with E-state index in [0.29, 0.717) is 0 Å². The molecule has 66 valence electrons. The number of aromatic nitrogens is 2. The van der Waals surface area contributed by atoms with Gasteiger partial charge < -0.3 is 4.57 Å². The van der Waals surface area contributed by atoms with Crippen LogP contribution in [0.15, 0.2) is 12.4 Å². The molecule has 0 saturated heterocycles. The van der Waals surface area contributed by atoms with E-state index in [2.05, 4.69) is 29.6 Å². The van der Waals surface area contributed by atoms with Crippen molar-refractivity contribution in [1.29, 1.82) is 0 Å². The maximum Gasteiger partial charge on any atom is 0.108 e. The molecule has 2 heteroatoms. The lowest BCUT2D eigenvalue weighted by atomic mass is 9.89. The predicted molar refractivity (Wildman–Crippen MR) is 48.9 cm³/mol. The normalized spacial score (nSPS) is 22.8. The highest BCUT2D eigenvalue weighted by molar-refractivity contribution is 4.96. The second-order valence-corrected chi connectivity index (χ2v) is 4.04. The molecular formula is C10H16N2. The number of rotatable bonds is 1. The quantitative estimate of drug-likeness (QED) is 0.621. The lowest BCUT2D eigenvalue weighted by Gasteiger charge is -2.26. The average Bonchev–Trinajstić information content (AvgIpc) is 2.49. The molecule has 1 atom stereocenters. The van der Waals surface area contributed by atoms with Crippen molar-refractivity contribution < 1.29 is 0 Å². The summed E-state index contributed by atoms with van der Waals surface area (Å²) in [4.78, 5) is 4.31. The largest absolute Gasteiger partial charge is 0.335 e. The van der Waals surface area contributed by atoms with Crippen molar-refractivity contribution >= 4 is 0 Å². The monoisotopic (exact) mass is 164 g/mol. The van der Waals surface area contributed by atoms with Gasteiger partial charge >= 0.3 is 0 Å². The zero-order chi connectivity index (χ0) is 8.55. The van der Waals surface area contributed by atoms with E-state index in [0.717, 1.165) is 18.3 Å². The van der Waals surface area contributed by atoms with Gasteiger partial charge in [-0.25, -0.2) is 4.98 Å². The van der Waals surface area contributed by atoms with E-state index in [-0.39, 0.29) is 0 Å². The van der Waals surface area contributed by atoms with E-state index >= 15 is 0 Å². The van der Waals surface area contributed by atoms with Crippen LogP contribution in [-0.4, -0.2) is 9.55 Å². The maximum absolute atomic E-state index is 4.31. The molecule has 1 aromatic heterocycles. The van der Waals surface area contributed by atoms with Crippen molar-refractivity contribution in [1.82, 2.24) is 9.55 Å². The van der Waals surface area contributed by atoms with Crippen molar-refractivity contribution in [3.63, 3.8) is 0 Å². The molecule has 0 N–H and O–H groups in total. The zero-order valence-corrected chi connectivity index (χ0v) is 7.83. The first-order valence-corrected chi connectivity index (χ1v) is 4.77. The first kappa shape index (κ1) is 7.84. The van der Waals surface area contributed by atoms with Crippen LogP contribution in [-0.2, 0) is 13.0 Å². The van der Waals surface area contributed by atoms with Gasteiger partial charge in [-0.05, 0) is 18.3 Å². The van der Waals surface area contributed by atoms with Gasteiger partial charge in [0, 0.05) is 25.4 Å². The van der Waals surface area contributed by atoms with Crippen LogP contribution in [0, 0.1) is 11.8 Å². The molecule has 0 aromatic carbocycles. The summed E-state index contributed by atoms with van der Waals surface area (Å²) in [7, 11) is 0. The second kappa shape index (κ2) is 2.92. The van der Waals surface area contributed by atoms with Gasteiger partial charge in [-0.3, -0.25) is 0 Å². The second-order valence-electron chi connectivity index (χ2n) is 4.04. The van der Waals surface area contributed by atoms with Crippen LogP contribution in [0.2, 0.25) is 0 Å². The molecule has 1 aromatic rings. The average molecular weight is 164 g/mol. The summed E-state index contributed by atoms with van der Waals surface area (Å²) in [6.45, 7) is 5.80. The van der Waals surface area contributed by atoms with Crippen LogP contribution in [0.25, 0.3) is 0 Å². The van der Waals surface area contributed by atoms with E-state index in [1.54, 1.807) is 0 Å². The van der Waals surface area contributed by atoms with Crippen LogP contribution < -0.4 is 0 Å². The lowest BCUT2D eigenvalue weighted by Crippen LogP contribution is -2.23. The number of nitrogens with zero attached hydrogens (tertiary/aromatic N) is 2. The zero-order valence-electron chi connectivity index (χ0n) is 7.83. The van der Waals surface area contributed by atoms with Crippen LogP contribution >= 0.6 is 0 Å². The molecule has 0 amide bonds. The molecule has 0 aliphatic carbocycles. The Morgan fingerprint density at radius 3 is 3.17 bits per heavy atom. The van der Waals surface area contributed by atoms with Crippen LogP contribution in [0.4, 0.5) is 0 Å². The van der Waals surface area contributed by atoms with Crippen molar-refractivity contribution in [2.24, 2.45) is 11.8 Å².